The van der Waals surface area contributed by atoms with E-state index in [1.54, 1.807) is 31.3 Å². The number of nitrogens with zero attached hydrogens (tertiary/aromatic N) is 2. The first-order chi connectivity index (χ1) is 8.58. The number of hydrogen-bond donors (Lipinski definition) is 2. The van der Waals surface area contributed by atoms with Gasteiger partial charge in [-0.05, 0) is 19.1 Å². The first-order valence-corrected chi connectivity index (χ1v) is 5.81. The van der Waals surface area contributed by atoms with Crippen LogP contribution in [-0.4, -0.2) is 15.7 Å². The molecule has 1 atom stereocenters. The molecule has 0 radical (unpaired) electrons. The van der Waals surface area contributed by atoms with Crippen LogP contribution in [0.15, 0.2) is 36.7 Å². The van der Waals surface area contributed by atoms with Gasteiger partial charge in [0, 0.05) is 6.20 Å². The SMILES string of the molecule is CC(C(=O)Nc1ccccc1N)n1cc(Cl)cn1. The maximum absolute atomic E-state index is 12.0. The molecule has 1 aromatic carbocycles. The van der Waals surface area contributed by atoms with Crippen molar-refractivity contribution in [1.82, 2.24) is 9.78 Å². The highest BCUT2D eigenvalue weighted by atomic mass is 35.5. The Labute approximate surface area is 110 Å². The number of hydrogen-bond acceptors (Lipinski definition) is 3. The molecular weight excluding hydrogens is 252 g/mol. The second-order valence-corrected chi connectivity index (χ2v) is 4.33. The van der Waals surface area contributed by atoms with Gasteiger partial charge in [-0.2, -0.15) is 5.10 Å². The monoisotopic (exact) mass is 264 g/mol. The van der Waals surface area contributed by atoms with Gasteiger partial charge in [0.15, 0.2) is 0 Å². The maximum Gasteiger partial charge on any atom is 0.249 e. The topological polar surface area (TPSA) is 72.9 Å². The highest BCUT2D eigenvalue weighted by Crippen LogP contribution is 2.19. The number of para-hydroxylation sites is 2. The minimum Gasteiger partial charge on any atom is -0.397 e. The molecule has 0 spiro atoms. The fourth-order valence-corrected chi connectivity index (χ4v) is 1.64. The molecule has 0 aliphatic rings. The molecule has 0 fully saturated rings. The van der Waals surface area contributed by atoms with Gasteiger partial charge in [-0.25, -0.2) is 0 Å². The van der Waals surface area contributed by atoms with E-state index in [1.807, 2.05) is 6.07 Å². The Bertz CT molecular complexity index is 567. The number of amides is 1. The summed E-state index contributed by atoms with van der Waals surface area (Å²) in [6.07, 6.45) is 3.09. The third-order valence-corrected chi connectivity index (χ3v) is 2.76. The number of anilines is 2. The fourth-order valence-electron chi connectivity index (χ4n) is 1.49. The van der Waals surface area contributed by atoms with E-state index >= 15 is 0 Å². The summed E-state index contributed by atoms with van der Waals surface area (Å²) in [7, 11) is 0. The Morgan fingerprint density at radius 1 is 1.50 bits per heavy atom. The Morgan fingerprint density at radius 2 is 2.22 bits per heavy atom. The standard InChI is InChI=1S/C12H13ClN4O/c1-8(17-7-9(13)6-15-17)12(18)16-11-5-3-2-4-10(11)14/h2-8H,14H2,1H3,(H,16,18). The fraction of sp³-hybridized carbons (Fsp3) is 0.167. The molecule has 3 N–H and O–H groups in total. The molecule has 5 nitrogen and oxygen atoms in total. The van der Waals surface area contributed by atoms with Gasteiger partial charge in [-0.15, -0.1) is 0 Å². The predicted molar refractivity (Wildman–Crippen MR) is 71.4 cm³/mol. The van der Waals surface area contributed by atoms with Gasteiger partial charge >= 0.3 is 0 Å². The Hall–Kier alpha value is -2.01. The minimum atomic E-state index is -0.461. The van der Waals surface area contributed by atoms with E-state index in [2.05, 4.69) is 10.4 Å². The highest BCUT2D eigenvalue weighted by Gasteiger charge is 2.16. The van der Waals surface area contributed by atoms with E-state index in [0.29, 0.717) is 16.4 Å². The van der Waals surface area contributed by atoms with Gasteiger partial charge in [-0.1, -0.05) is 23.7 Å². The van der Waals surface area contributed by atoms with Gasteiger partial charge in [0.25, 0.3) is 0 Å². The molecule has 6 heteroatoms. The number of nitrogens with two attached hydrogens (primary N) is 1. The van der Waals surface area contributed by atoms with E-state index in [-0.39, 0.29) is 5.91 Å². The maximum atomic E-state index is 12.0. The second kappa shape index (κ2) is 5.10. The molecule has 0 saturated heterocycles. The van der Waals surface area contributed by atoms with Crippen molar-refractivity contribution in [3.63, 3.8) is 0 Å². The zero-order valence-corrected chi connectivity index (χ0v) is 10.6. The number of halogens is 1. The molecule has 0 aliphatic carbocycles. The number of nitrogens with one attached hydrogen (secondary N) is 1. The van der Waals surface area contributed by atoms with Crippen molar-refractivity contribution in [2.75, 3.05) is 11.1 Å². The first kappa shape index (κ1) is 12.4. The molecule has 94 valence electrons. The van der Waals surface area contributed by atoms with Gasteiger partial charge in [0.2, 0.25) is 5.91 Å². The smallest absolute Gasteiger partial charge is 0.249 e. The van der Waals surface area contributed by atoms with E-state index in [0.717, 1.165) is 0 Å². The summed E-state index contributed by atoms with van der Waals surface area (Å²) in [5.74, 6) is -0.201. The average molecular weight is 265 g/mol. The summed E-state index contributed by atoms with van der Waals surface area (Å²) < 4.78 is 1.50. The van der Waals surface area contributed by atoms with Crippen molar-refractivity contribution in [2.24, 2.45) is 0 Å². The van der Waals surface area contributed by atoms with Crippen molar-refractivity contribution >= 4 is 28.9 Å². The Morgan fingerprint density at radius 3 is 2.83 bits per heavy atom. The second-order valence-electron chi connectivity index (χ2n) is 3.89. The highest BCUT2D eigenvalue weighted by molar-refractivity contribution is 6.30. The summed E-state index contributed by atoms with van der Waals surface area (Å²) in [4.78, 5) is 12.0. The van der Waals surface area contributed by atoms with E-state index in [4.69, 9.17) is 17.3 Å². The van der Waals surface area contributed by atoms with Crippen molar-refractivity contribution in [2.45, 2.75) is 13.0 Å². The molecule has 0 saturated carbocycles. The number of carbonyl (C=O) groups is 1. The zero-order chi connectivity index (χ0) is 13.1. The number of carbonyl (C=O) groups excluding carboxylic acids is 1. The van der Waals surface area contributed by atoms with E-state index in [9.17, 15) is 4.79 Å². The van der Waals surface area contributed by atoms with Crippen molar-refractivity contribution < 1.29 is 4.79 Å². The molecule has 0 bridgehead atoms. The number of benzene rings is 1. The lowest BCUT2D eigenvalue weighted by atomic mass is 10.2. The molecule has 1 heterocycles. The average Bonchev–Trinajstić information content (AvgIpc) is 2.78. The number of rotatable bonds is 3. The lowest BCUT2D eigenvalue weighted by Gasteiger charge is -2.13. The molecule has 2 aromatic rings. The first-order valence-electron chi connectivity index (χ1n) is 5.43. The summed E-state index contributed by atoms with van der Waals surface area (Å²) in [5, 5.41) is 7.24. The van der Waals surface area contributed by atoms with E-state index < -0.39 is 6.04 Å². The normalized spacial score (nSPS) is 12.1. The van der Waals surface area contributed by atoms with Gasteiger partial charge in [0.05, 0.1) is 22.6 Å². The van der Waals surface area contributed by atoms with Crippen LogP contribution < -0.4 is 11.1 Å². The van der Waals surface area contributed by atoms with Crippen molar-refractivity contribution in [3.05, 3.63) is 41.7 Å². The van der Waals surface area contributed by atoms with Crippen LogP contribution in [0.2, 0.25) is 5.02 Å². The Kier molecular flexibility index (Phi) is 3.53. The van der Waals surface area contributed by atoms with Crippen molar-refractivity contribution in [3.8, 4) is 0 Å². The number of aromatic nitrogens is 2. The lowest BCUT2D eigenvalue weighted by Crippen LogP contribution is -2.24. The zero-order valence-electron chi connectivity index (χ0n) is 9.80. The van der Waals surface area contributed by atoms with Crippen molar-refractivity contribution in [1.29, 1.82) is 0 Å². The van der Waals surface area contributed by atoms with Gasteiger partial charge in [-0.3, -0.25) is 9.48 Å². The molecule has 1 unspecified atom stereocenters. The third-order valence-electron chi connectivity index (χ3n) is 2.56. The predicted octanol–water partition coefficient (Wildman–Crippen LogP) is 2.32. The van der Waals surface area contributed by atoms with Crippen LogP contribution in [0.5, 0.6) is 0 Å². The molecule has 1 amide bonds. The van der Waals surface area contributed by atoms with Crippen LogP contribution in [0.4, 0.5) is 11.4 Å². The molecular formula is C12H13ClN4O. The lowest BCUT2D eigenvalue weighted by molar-refractivity contribution is -0.119. The molecule has 2 rings (SSSR count). The van der Waals surface area contributed by atoms with Crippen LogP contribution in [0.3, 0.4) is 0 Å². The number of nitrogen functional groups attached to an aromatic ring is 1. The van der Waals surface area contributed by atoms with Crippen LogP contribution in [-0.2, 0) is 4.79 Å². The summed E-state index contributed by atoms with van der Waals surface area (Å²) in [6.45, 7) is 1.73. The quantitative estimate of drug-likeness (QED) is 0.836. The van der Waals surface area contributed by atoms with Crippen LogP contribution in [0.1, 0.15) is 13.0 Å². The largest absolute Gasteiger partial charge is 0.397 e. The van der Waals surface area contributed by atoms with Crippen LogP contribution in [0, 0.1) is 0 Å². The summed E-state index contributed by atoms with van der Waals surface area (Å²) >= 11 is 5.76. The Balaban J connectivity index is 2.11. The molecule has 0 aliphatic heterocycles. The molecule has 1 aromatic heterocycles. The third kappa shape index (κ3) is 2.62. The summed E-state index contributed by atoms with van der Waals surface area (Å²) in [5.41, 5.74) is 6.87. The summed E-state index contributed by atoms with van der Waals surface area (Å²) in [6, 6.07) is 6.63. The van der Waals surface area contributed by atoms with Gasteiger partial charge < -0.3 is 11.1 Å². The minimum absolute atomic E-state index is 0.201. The molecule has 18 heavy (non-hydrogen) atoms. The van der Waals surface area contributed by atoms with Crippen LogP contribution >= 0.6 is 11.6 Å². The van der Waals surface area contributed by atoms with E-state index in [1.165, 1.54) is 10.9 Å². The van der Waals surface area contributed by atoms with Gasteiger partial charge in [0.1, 0.15) is 6.04 Å². The van der Waals surface area contributed by atoms with Crippen LogP contribution in [0.25, 0.3) is 0 Å².